The van der Waals surface area contributed by atoms with Crippen molar-refractivity contribution in [2.24, 2.45) is 0 Å². The lowest BCUT2D eigenvalue weighted by atomic mass is 10.4. The Morgan fingerprint density at radius 3 is 2.56 bits per heavy atom. The molecule has 0 radical (unpaired) electrons. The van der Waals surface area contributed by atoms with Gasteiger partial charge in [0, 0.05) is 0 Å². The van der Waals surface area contributed by atoms with Crippen LogP contribution in [0.15, 0.2) is 6.20 Å². The SMILES string of the molecule is CC(C)n1nncc1O. The molecule has 0 aromatic carbocycles. The standard InChI is InChI=1S/C5H9N3O/c1-4(2)8-5(9)3-6-7-8/h3-4,9H,1-2H3. The Balaban J connectivity index is 2.94. The molecule has 1 N–H and O–H groups in total. The van der Waals surface area contributed by atoms with E-state index in [2.05, 4.69) is 10.3 Å². The Hall–Kier alpha value is -1.06. The van der Waals surface area contributed by atoms with E-state index < -0.39 is 0 Å². The molecule has 0 aliphatic carbocycles. The zero-order valence-electron chi connectivity index (χ0n) is 5.44. The summed E-state index contributed by atoms with van der Waals surface area (Å²) >= 11 is 0. The zero-order chi connectivity index (χ0) is 6.85. The Kier molecular flexibility index (Phi) is 1.38. The molecule has 0 saturated carbocycles. The van der Waals surface area contributed by atoms with Gasteiger partial charge in [-0.3, -0.25) is 0 Å². The molecule has 0 saturated heterocycles. The first kappa shape index (κ1) is 6.07. The summed E-state index contributed by atoms with van der Waals surface area (Å²) < 4.78 is 1.44. The predicted molar refractivity (Wildman–Crippen MR) is 32.1 cm³/mol. The lowest BCUT2D eigenvalue weighted by Gasteiger charge is -2.02. The summed E-state index contributed by atoms with van der Waals surface area (Å²) in [5.41, 5.74) is 0. The van der Waals surface area contributed by atoms with Gasteiger partial charge < -0.3 is 5.11 Å². The highest BCUT2D eigenvalue weighted by atomic mass is 16.3. The normalized spacial score (nSPS) is 10.6. The van der Waals surface area contributed by atoms with Gasteiger partial charge in [-0.25, -0.2) is 4.68 Å². The number of aromatic nitrogens is 3. The molecule has 0 fully saturated rings. The average molecular weight is 127 g/mol. The van der Waals surface area contributed by atoms with E-state index in [-0.39, 0.29) is 11.9 Å². The largest absolute Gasteiger partial charge is 0.492 e. The van der Waals surface area contributed by atoms with Crippen molar-refractivity contribution in [3.8, 4) is 5.88 Å². The van der Waals surface area contributed by atoms with E-state index in [4.69, 9.17) is 5.11 Å². The van der Waals surface area contributed by atoms with Crippen molar-refractivity contribution in [2.75, 3.05) is 0 Å². The maximum absolute atomic E-state index is 8.96. The van der Waals surface area contributed by atoms with Crippen molar-refractivity contribution >= 4 is 0 Å². The molecule has 0 unspecified atom stereocenters. The van der Waals surface area contributed by atoms with Crippen LogP contribution in [0.4, 0.5) is 0 Å². The van der Waals surface area contributed by atoms with Gasteiger partial charge in [-0.15, -0.1) is 5.10 Å². The van der Waals surface area contributed by atoms with Gasteiger partial charge in [-0.05, 0) is 13.8 Å². The van der Waals surface area contributed by atoms with Crippen LogP contribution in [0.1, 0.15) is 19.9 Å². The summed E-state index contributed by atoms with van der Waals surface area (Å²) in [6.07, 6.45) is 1.32. The fourth-order valence-electron chi connectivity index (χ4n) is 0.606. The highest BCUT2D eigenvalue weighted by molar-refractivity contribution is 4.98. The maximum atomic E-state index is 8.96. The van der Waals surface area contributed by atoms with E-state index in [1.807, 2.05) is 13.8 Å². The molecule has 0 atom stereocenters. The quantitative estimate of drug-likeness (QED) is 0.599. The second kappa shape index (κ2) is 2.05. The van der Waals surface area contributed by atoms with Gasteiger partial charge in [0.2, 0.25) is 5.88 Å². The van der Waals surface area contributed by atoms with Crippen LogP contribution in [0.2, 0.25) is 0 Å². The van der Waals surface area contributed by atoms with Crippen molar-refractivity contribution in [3.63, 3.8) is 0 Å². The predicted octanol–water partition coefficient (Wildman–Crippen LogP) is 0.565. The minimum atomic E-state index is 0.116. The summed E-state index contributed by atoms with van der Waals surface area (Å²) in [4.78, 5) is 0. The van der Waals surface area contributed by atoms with Gasteiger partial charge in [0.1, 0.15) is 6.20 Å². The van der Waals surface area contributed by atoms with Gasteiger partial charge in [0.15, 0.2) is 0 Å². The third-order valence-electron chi connectivity index (χ3n) is 1.05. The van der Waals surface area contributed by atoms with Crippen molar-refractivity contribution in [3.05, 3.63) is 6.20 Å². The second-order valence-electron chi connectivity index (χ2n) is 2.13. The Labute approximate surface area is 53.1 Å². The monoisotopic (exact) mass is 127 g/mol. The molecule has 0 bridgehead atoms. The maximum Gasteiger partial charge on any atom is 0.230 e. The minimum absolute atomic E-state index is 0.116. The first-order chi connectivity index (χ1) is 4.22. The number of aromatic hydroxyl groups is 1. The number of hydrogen-bond donors (Lipinski definition) is 1. The van der Waals surface area contributed by atoms with Gasteiger partial charge in [-0.1, -0.05) is 5.21 Å². The van der Waals surface area contributed by atoms with Gasteiger partial charge in [-0.2, -0.15) is 0 Å². The third kappa shape index (κ3) is 1.01. The first-order valence-electron chi connectivity index (χ1n) is 2.81. The topological polar surface area (TPSA) is 50.9 Å². The summed E-state index contributed by atoms with van der Waals surface area (Å²) in [6.45, 7) is 3.85. The molecule has 0 aliphatic heterocycles. The van der Waals surface area contributed by atoms with Crippen molar-refractivity contribution in [1.29, 1.82) is 0 Å². The number of nitrogens with zero attached hydrogens (tertiary/aromatic N) is 3. The number of hydrogen-bond acceptors (Lipinski definition) is 3. The summed E-state index contributed by atoms with van der Waals surface area (Å²) in [5, 5.41) is 16.1. The Morgan fingerprint density at radius 1 is 1.67 bits per heavy atom. The van der Waals surface area contributed by atoms with E-state index in [0.717, 1.165) is 0 Å². The second-order valence-corrected chi connectivity index (χ2v) is 2.13. The molecule has 4 nitrogen and oxygen atoms in total. The molecule has 4 heteroatoms. The van der Waals surface area contributed by atoms with Gasteiger partial charge >= 0.3 is 0 Å². The van der Waals surface area contributed by atoms with Crippen molar-refractivity contribution in [2.45, 2.75) is 19.9 Å². The Morgan fingerprint density at radius 2 is 2.33 bits per heavy atom. The smallest absolute Gasteiger partial charge is 0.230 e. The fraction of sp³-hybridized carbons (Fsp3) is 0.600. The van der Waals surface area contributed by atoms with E-state index in [9.17, 15) is 0 Å². The third-order valence-corrected chi connectivity index (χ3v) is 1.05. The van der Waals surface area contributed by atoms with Crippen LogP contribution in [0.5, 0.6) is 5.88 Å². The van der Waals surface area contributed by atoms with Crippen LogP contribution in [0.3, 0.4) is 0 Å². The fourth-order valence-corrected chi connectivity index (χ4v) is 0.606. The van der Waals surface area contributed by atoms with Crippen LogP contribution in [-0.4, -0.2) is 20.1 Å². The molecular formula is C5H9N3O. The number of rotatable bonds is 1. The van der Waals surface area contributed by atoms with Crippen LogP contribution in [0, 0.1) is 0 Å². The van der Waals surface area contributed by atoms with Crippen molar-refractivity contribution < 1.29 is 5.11 Å². The minimum Gasteiger partial charge on any atom is -0.492 e. The molecule has 0 amide bonds. The van der Waals surface area contributed by atoms with E-state index in [1.165, 1.54) is 10.9 Å². The van der Waals surface area contributed by atoms with Crippen LogP contribution in [0.25, 0.3) is 0 Å². The molecule has 1 rings (SSSR count). The summed E-state index contributed by atoms with van der Waals surface area (Å²) in [6, 6.07) is 0.174. The van der Waals surface area contributed by atoms with Crippen molar-refractivity contribution in [1.82, 2.24) is 15.0 Å². The highest BCUT2D eigenvalue weighted by Gasteiger charge is 2.02. The average Bonchev–Trinajstić information content (AvgIpc) is 2.13. The molecule has 9 heavy (non-hydrogen) atoms. The van der Waals surface area contributed by atoms with Gasteiger partial charge in [0.25, 0.3) is 0 Å². The van der Waals surface area contributed by atoms with Crippen LogP contribution in [-0.2, 0) is 0 Å². The van der Waals surface area contributed by atoms with E-state index >= 15 is 0 Å². The van der Waals surface area contributed by atoms with E-state index in [0.29, 0.717) is 0 Å². The molecule has 0 spiro atoms. The molecule has 1 aromatic heterocycles. The summed E-state index contributed by atoms with van der Waals surface area (Å²) in [5.74, 6) is 0.116. The Bertz CT molecular complexity index is 194. The first-order valence-corrected chi connectivity index (χ1v) is 2.81. The highest BCUT2D eigenvalue weighted by Crippen LogP contribution is 2.10. The molecule has 50 valence electrons. The molecular weight excluding hydrogens is 118 g/mol. The zero-order valence-corrected chi connectivity index (χ0v) is 5.44. The molecule has 1 aromatic rings. The molecule has 1 heterocycles. The van der Waals surface area contributed by atoms with Crippen LogP contribution < -0.4 is 0 Å². The van der Waals surface area contributed by atoms with Gasteiger partial charge in [0.05, 0.1) is 6.04 Å². The molecule has 0 aliphatic rings. The lowest BCUT2D eigenvalue weighted by molar-refractivity contribution is 0.375. The van der Waals surface area contributed by atoms with Crippen LogP contribution >= 0.6 is 0 Å². The van der Waals surface area contributed by atoms with E-state index in [1.54, 1.807) is 0 Å². The summed E-state index contributed by atoms with van der Waals surface area (Å²) in [7, 11) is 0. The lowest BCUT2D eigenvalue weighted by Crippen LogP contribution is -2.01.